The van der Waals surface area contributed by atoms with Gasteiger partial charge in [0.05, 0.1) is 6.04 Å². The van der Waals surface area contributed by atoms with Crippen molar-refractivity contribution in [2.75, 3.05) is 32.7 Å². The first-order valence-electron chi connectivity index (χ1n) is 6.56. The first kappa shape index (κ1) is 13.0. The quantitative estimate of drug-likeness (QED) is 0.841. The summed E-state index contributed by atoms with van der Waals surface area (Å²) in [5, 5.41) is 0.361. The predicted molar refractivity (Wildman–Crippen MR) is 71.9 cm³/mol. The van der Waals surface area contributed by atoms with Crippen LogP contribution in [0.4, 0.5) is 4.39 Å². The summed E-state index contributed by atoms with van der Waals surface area (Å²) in [4.78, 5) is 16.9. The maximum absolute atomic E-state index is 13.7. The van der Waals surface area contributed by atoms with Crippen LogP contribution < -0.4 is 0 Å². The highest BCUT2D eigenvalue weighted by Gasteiger charge is 2.35. The SMILES string of the molecule is O=C(Cc1ccc(Cl)cc1F)C1CN2CCN1CC2. The molecule has 2 bridgehead atoms. The van der Waals surface area contributed by atoms with Crippen molar-refractivity contribution < 1.29 is 9.18 Å². The zero-order valence-electron chi connectivity index (χ0n) is 10.6. The van der Waals surface area contributed by atoms with Crippen molar-refractivity contribution in [1.82, 2.24) is 9.80 Å². The molecule has 0 saturated carbocycles. The molecule has 3 fully saturated rings. The van der Waals surface area contributed by atoms with Gasteiger partial charge in [0.2, 0.25) is 0 Å². The molecule has 0 radical (unpaired) electrons. The van der Waals surface area contributed by atoms with Gasteiger partial charge in [0, 0.05) is 44.2 Å². The van der Waals surface area contributed by atoms with Crippen molar-refractivity contribution in [3.05, 3.63) is 34.6 Å². The summed E-state index contributed by atoms with van der Waals surface area (Å²) in [7, 11) is 0. The maximum Gasteiger partial charge on any atom is 0.155 e. The second kappa shape index (κ2) is 5.19. The van der Waals surface area contributed by atoms with Gasteiger partial charge in [0.15, 0.2) is 5.78 Å². The predicted octanol–water partition coefficient (Wildman–Crippen LogP) is 1.59. The molecule has 4 rings (SSSR count). The van der Waals surface area contributed by atoms with Gasteiger partial charge in [-0.05, 0) is 17.7 Å². The van der Waals surface area contributed by atoms with Crippen LogP contribution in [0.15, 0.2) is 18.2 Å². The Hall–Kier alpha value is -0.970. The lowest BCUT2D eigenvalue weighted by Gasteiger charge is -2.46. The van der Waals surface area contributed by atoms with Crippen LogP contribution in [0.3, 0.4) is 0 Å². The minimum Gasteiger partial charge on any atom is -0.299 e. The number of hydrogen-bond acceptors (Lipinski definition) is 3. The van der Waals surface area contributed by atoms with Gasteiger partial charge in [0.1, 0.15) is 5.82 Å². The van der Waals surface area contributed by atoms with Gasteiger partial charge < -0.3 is 0 Å². The fourth-order valence-electron chi connectivity index (χ4n) is 2.89. The smallest absolute Gasteiger partial charge is 0.155 e. The number of halogens is 2. The molecule has 1 aromatic carbocycles. The molecule has 0 spiro atoms. The monoisotopic (exact) mass is 282 g/mol. The number of rotatable bonds is 3. The van der Waals surface area contributed by atoms with Crippen molar-refractivity contribution >= 4 is 17.4 Å². The van der Waals surface area contributed by atoms with E-state index in [4.69, 9.17) is 11.6 Å². The van der Waals surface area contributed by atoms with E-state index in [0.717, 1.165) is 32.7 Å². The van der Waals surface area contributed by atoms with E-state index in [0.29, 0.717) is 10.6 Å². The van der Waals surface area contributed by atoms with Crippen LogP contribution >= 0.6 is 11.6 Å². The van der Waals surface area contributed by atoms with Crippen LogP contribution in [0.2, 0.25) is 5.02 Å². The molecule has 0 N–H and O–H groups in total. The lowest BCUT2D eigenvalue weighted by molar-refractivity contribution is -0.128. The highest BCUT2D eigenvalue weighted by Crippen LogP contribution is 2.20. The molecule has 5 heteroatoms. The van der Waals surface area contributed by atoms with Crippen molar-refractivity contribution in [2.45, 2.75) is 12.5 Å². The maximum atomic E-state index is 13.7. The molecule has 19 heavy (non-hydrogen) atoms. The Labute approximate surface area is 116 Å². The van der Waals surface area contributed by atoms with Gasteiger partial charge in [-0.1, -0.05) is 17.7 Å². The van der Waals surface area contributed by atoms with E-state index in [1.165, 1.54) is 6.07 Å². The van der Waals surface area contributed by atoms with Gasteiger partial charge in [-0.3, -0.25) is 14.6 Å². The Kier molecular flexibility index (Phi) is 3.56. The summed E-state index contributed by atoms with van der Waals surface area (Å²) in [5.41, 5.74) is 0.437. The van der Waals surface area contributed by atoms with Crippen molar-refractivity contribution in [2.24, 2.45) is 0 Å². The van der Waals surface area contributed by atoms with Crippen LogP contribution in [-0.4, -0.2) is 54.3 Å². The summed E-state index contributed by atoms with van der Waals surface area (Å²) >= 11 is 5.71. The van der Waals surface area contributed by atoms with Gasteiger partial charge in [0.25, 0.3) is 0 Å². The molecule has 1 unspecified atom stereocenters. The third-order valence-electron chi connectivity index (χ3n) is 4.03. The number of piperazine rings is 3. The van der Waals surface area contributed by atoms with Crippen LogP contribution in [0.5, 0.6) is 0 Å². The average Bonchev–Trinajstić information content (AvgIpc) is 2.43. The lowest BCUT2D eigenvalue weighted by atomic mass is 9.98. The third kappa shape index (κ3) is 2.66. The van der Waals surface area contributed by atoms with Gasteiger partial charge in [-0.2, -0.15) is 0 Å². The van der Waals surface area contributed by atoms with Crippen LogP contribution in [0.25, 0.3) is 0 Å². The Morgan fingerprint density at radius 1 is 1.32 bits per heavy atom. The topological polar surface area (TPSA) is 23.6 Å². The number of carbonyl (C=O) groups excluding carboxylic acids is 1. The molecular formula is C14H16ClFN2O. The molecule has 3 heterocycles. The summed E-state index contributed by atoms with van der Waals surface area (Å²) < 4.78 is 13.7. The standard InChI is InChI=1S/C14H16ClFN2O/c15-11-2-1-10(12(16)8-11)7-14(19)13-9-17-3-5-18(13)6-4-17/h1-2,8,13H,3-7,9H2. The largest absolute Gasteiger partial charge is 0.299 e. The van der Waals surface area contributed by atoms with E-state index in [1.54, 1.807) is 12.1 Å². The van der Waals surface area contributed by atoms with E-state index < -0.39 is 5.82 Å². The molecule has 0 aromatic heterocycles. The van der Waals surface area contributed by atoms with Gasteiger partial charge >= 0.3 is 0 Å². The highest BCUT2D eigenvalue weighted by molar-refractivity contribution is 6.30. The Morgan fingerprint density at radius 2 is 2.05 bits per heavy atom. The van der Waals surface area contributed by atoms with Crippen molar-refractivity contribution in [3.8, 4) is 0 Å². The minimum atomic E-state index is -0.392. The van der Waals surface area contributed by atoms with Crippen molar-refractivity contribution in [1.29, 1.82) is 0 Å². The normalized spacial score (nSPS) is 29.5. The molecule has 1 atom stereocenters. The Bertz CT molecular complexity index is 500. The number of hydrogen-bond donors (Lipinski definition) is 0. The fraction of sp³-hybridized carbons (Fsp3) is 0.500. The van der Waals surface area contributed by atoms with E-state index in [2.05, 4.69) is 9.80 Å². The molecule has 3 aliphatic heterocycles. The molecule has 3 nitrogen and oxygen atoms in total. The molecular weight excluding hydrogens is 267 g/mol. The Balaban J connectivity index is 1.71. The van der Waals surface area contributed by atoms with Crippen LogP contribution in [-0.2, 0) is 11.2 Å². The zero-order chi connectivity index (χ0) is 13.4. The fourth-order valence-corrected chi connectivity index (χ4v) is 3.05. The molecule has 0 amide bonds. The first-order valence-corrected chi connectivity index (χ1v) is 6.94. The molecule has 3 aliphatic rings. The van der Waals surface area contributed by atoms with Gasteiger partial charge in [-0.15, -0.1) is 0 Å². The number of Topliss-reactive ketones (excluding diaryl/α,β-unsaturated/α-hetero) is 1. The number of ketones is 1. The van der Waals surface area contributed by atoms with Crippen molar-refractivity contribution in [3.63, 3.8) is 0 Å². The third-order valence-corrected chi connectivity index (χ3v) is 4.27. The highest BCUT2D eigenvalue weighted by atomic mass is 35.5. The molecule has 0 aliphatic carbocycles. The van der Waals surface area contributed by atoms with E-state index in [9.17, 15) is 9.18 Å². The summed E-state index contributed by atoms with van der Waals surface area (Å²) in [6, 6.07) is 4.43. The van der Waals surface area contributed by atoms with E-state index in [1.807, 2.05) is 0 Å². The Morgan fingerprint density at radius 3 is 2.63 bits per heavy atom. The number of carbonyl (C=O) groups is 1. The lowest BCUT2D eigenvalue weighted by Crippen LogP contribution is -2.63. The van der Waals surface area contributed by atoms with Gasteiger partial charge in [-0.25, -0.2) is 4.39 Å². The second-order valence-corrected chi connectivity index (χ2v) is 5.67. The number of fused-ring (bicyclic) bond motifs is 3. The van der Waals surface area contributed by atoms with Crippen LogP contribution in [0, 0.1) is 5.82 Å². The molecule has 3 saturated heterocycles. The summed E-state index contributed by atoms with van der Waals surface area (Å²) in [6.07, 6.45) is 0.151. The summed E-state index contributed by atoms with van der Waals surface area (Å²) in [5.74, 6) is -0.289. The van der Waals surface area contributed by atoms with E-state index in [-0.39, 0.29) is 18.2 Å². The molecule has 102 valence electrons. The first-order chi connectivity index (χ1) is 9.13. The minimum absolute atomic E-state index is 0.0717. The van der Waals surface area contributed by atoms with E-state index >= 15 is 0 Å². The molecule has 1 aromatic rings. The second-order valence-electron chi connectivity index (χ2n) is 5.23. The number of benzene rings is 1. The summed E-state index contributed by atoms with van der Waals surface area (Å²) in [6.45, 7) is 4.76. The average molecular weight is 283 g/mol. The van der Waals surface area contributed by atoms with Crippen LogP contribution in [0.1, 0.15) is 5.56 Å². The number of nitrogens with zero attached hydrogens (tertiary/aromatic N) is 2. The zero-order valence-corrected chi connectivity index (χ0v) is 11.4.